The fourth-order valence-electron chi connectivity index (χ4n) is 6.64. The van der Waals surface area contributed by atoms with Gasteiger partial charge >= 0.3 is 0 Å². The van der Waals surface area contributed by atoms with Crippen LogP contribution < -0.4 is 15.8 Å². The van der Waals surface area contributed by atoms with Crippen molar-refractivity contribution in [1.82, 2.24) is 20.1 Å². The smallest absolute Gasteiger partial charge is 0.222 e. The zero-order valence-electron chi connectivity index (χ0n) is 28.4. The number of azo groups is 1. The molecule has 2 saturated heterocycles. The number of hydrogen-bond acceptors (Lipinski definition) is 10. The van der Waals surface area contributed by atoms with Crippen molar-refractivity contribution in [3.63, 3.8) is 0 Å². The first-order valence-corrected chi connectivity index (χ1v) is 18.1. The van der Waals surface area contributed by atoms with Crippen molar-refractivity contribution in [1.29, 1.82) is 0 Å². The van der Waals surface area contributed by atoms with Gasteiger partial charge in [-0.25, -0.2) is 4.98 Å². The summed E-state index contributed by atoms with van der Waals surface area (Å²) < 4.78 is 5.63. The number of aromatic hydroxyl groups is 1. The Morgan fingerprint density at radius 3 is 2.63 bits per heavy atom. The average molecular weight is 684 g/mol. The van der Waals surface area contributed by atoms with Crippen LogP contribution in [-0.2, 0) is 16.1 Å². The van der Waals surface area contributed by atoms with Gasteiger partial charge in [0.1, 0.15) is 11.5 Å². The van der Waals surface area contributed by atoms with Gasteiger partial charge < -0.3 is 30.7 Å². The molecule has 49 heavy (non-hydrogen) atoms. The van der Waals surface area contributed by atoms with E-state index in [1.165, 1.54) is 0 Å². The predicted molar refractivity (Wildman–Crippen MR) is 196 cm³/mol. The standard InChI is InChI=1S/C37H45N7O4S/c1-4-48-27-11-13-30-29(20-27)36(38)28-12-9-26(19-31(28)39-30)42-41-25-10-14-32(45)23(17-25)21-44(16-15-43(2)3)35(47)8-6-5-7-33-37-24(22-49-33)18-34(46)40-37/h9-14,17,19-20,24,33,37,45H,4-8,15-16,18,21-22H2,1-3H3,(H2,38,39)(H,40,46)/t24-,33-,37-/m0/s1. The molecule has 4 N–H and O–H groups in total. The lowest BCUT2D eigenvalue weighted by molar-refractivity contribution is -0.132. The Balaban J connectivity index is 1.11. The Hall–Kier alpha value is -4.42. The Labute approximate surface area is 291 Å². The molecule has 3 atom stereocenters. The molecule has 0 aliphatic carbocycles. The van der Waals surface area contributed by atoms with Crippen molar-refractivity contribution >= 4 is 62.4 Å². The van der Waals surface area contributed by atoms with E-state index in [0.717, 1.165) is 47.1 Å². The summed E-state index contributed by atoms with van der Waals surface area (Å²) in [7, 11) is 3.96. The van der Waals surface area contributed by atoms with Crippen molar-refractivity contribution in [2.24, 2.45) is 16.1 Å². The topological polar surface area (TPSA) is 146 Å². The maximum atomic E-state index is 13.4. The van der Waals surface area contributed by atoms with Gasteiger partial charge in [0.2, 0.25) is 11.8 Å². The molecule has 11 nitrogen and oxygen atoms in total. The third-order valence-electron chi connectivity index (χ3n) is 9.29. The van der Waals surface area contributed by atoms with Crippen LogP contribution in [0.5, 0.6) is 11.5 Å². The van der Waals surface area contributed by atoms with Crippen LogP contribution in [0.2, 0.25) is 0 Å². The van der Waals surface area contributed by atoms with Crippen LogP contribution >= 0.6 is 11.8 Å². The zero-order chi connectivity index (χ0) is 34.5. The molecule has 2 aliphatic rings. The molecule has 3 aromatic carbocycles. The third kappa shape index (κ3) is 8.25. The van der Waals surface area contributed by atoms with Gasteiger partial charge in [0.15, 0.2) is 0 Å². The first-order chi connectivity index (χ1) is 23.7. The van der Waals surface area contributed by atoms with E-state index in [0.29, 0.717) is 71.8 Å². The number of nitrogens with one attached hydrogen (secondary N) is 1. The molecule has 2 aliphatic heterocycles. The molecule has 0 spiro atoms. The highest BCUT2D eigenvalue weighted by molar-refractivity contribution is 8.00. The minimum Gasteiger partial charge on any atom is -0.508 e. The minimum atomic E-state index is 0.0592. The van der Waals surface area contributed by atoms with E-state index in [9.17, 15) is 14.7 Å². The summed E-state index contributed by atoms with van der Waals surface area (Å²) in [4.78, 5) is 33.9. The van der Waals surface area contributed by atoms with E-state index in [1.54, 1.807) is 18.2 Å². The number of thioether (sulfide) groups is 1. The van der Waals surface area contributed by atoms with E-state index >= 15 is 0 Å². The number of nitrogen functional groups attached to an aromatic ring is 1. The Morgan fingerprint density at radius 1 is 1.04 bits per heavy atom. The number of carbonyl (C=O) groups excluding carboxylic acids is 2. The van der Waals surface area contributed by atoms with Crippen LogP contribution in [0, 0.1) is 5.92 Å². The summed E-state index contributed by atoms with van der Waals surface area (Å²) in [5.41, 5.74) is 10.4. The number of benzene rings is 3. The first kappa shape index (κ1) is 34.4. The van der Waals surface area contributed by atoms with Crippen LogP contribution in [0.4, 0.5) is 17.1 Å². The molecule has 12 heteroatoms. The number of amides is 2. The van der Waals surface area contributed by atoms with Crippen molar-refractivity contribution in [3.8, 4) is 11.5 Å². The Morgan fingerprint density at radius 2 is 1.84 bits per heavy atom. The highest BCUT2D eigenvalue weighted by Crippen LogP contribution is 2.39. The number of fused-ring (bicyclic) bond motifs is 3. The summed E-state index contributed by atoms with van der Waals surface area (Å²) in [6.45, 7) is 4.03. The second-order valence-corrected chi connectivity index (χ2v) is 14.4. The normalized spacial score (nSPS) is 18.9. The SMILES string of the molecule is CCOc1ccc2nc3cc(N=Nc4ccc(O)c(CN(CCN(C)C)C(=O)CCCC[C@@H]5SC[C@@H]6CC(=O)N[C@@H]65)c4)ccc3c(N)c2c1. The van der Waals surface area contributed by atoms with Crippen molar-refractivity contribution < 1.29 is 19.4 Å². The van der Waals surface area contributed by atoms with Gasteiger partial charge in [0.05, 0.1) is 34.7 Å². The van der Waals surface area contributed by atoms with Gasteiger partial charge in [0, 0.05) is 60.1 Å². The molecule has 258 valence electrons. The number of nitrogens with two attached hydrogens (primary N) is 1. The third-order valence-corrected chi connectivity index (χ3v) is 10.9. The second-order valence-electron chi connectivity index (χ2n) is 13.1. The summed E-state index contributed by atoms with van der Waals surface area (Å²) in [5.74, 6) is 2.58. The number of nitrogens with zero attached hydrogens (tertiary/aromatic N) is 5. The highest BCUT2D eigenvalue weighted by Gasteiger charge is 2.42. The molecule has 2 amide bonds. The number of unbranched alkanes of at least 4 members (excludes halogenated alkanes) is 1. The molecule has 0 bridgehead atoms. The van der Waals surface area contributed by atoms with E-state index < -0.39 is 0 Å². The molecule has 0 radical (unpaired) electrons. The number of carbonyl (C=O) groups is 2. The number of likely N-dealkylation sites (N-methyl/N-ethyl adjacent to an activating group) is 1. The maximum absolute atomic E-state index is 13.4. The number of hydrogen-bond donors (Lipinski definition) is 3. The van der Waals surface area contributed by atoms with E-state index in [4.69, 9.17) is 15.5 Å². The van der Waals surface area contributed by atoms with Crippen LogP contribution in [-0.4, -0.2) is 82.5 Å². The quantitative estimate of drug-likeness (QED) is 0.0770. The molecule has 0 saturated carbocycles. The molecule has 4 aromatic rings. The maximum Gasteiger partial charge on any atom is 0.222 e. The molecule has 3 heterocycles. The van der Waals surface area contributed by atoms with Crippen LogP contribution in [0.1, 0.15) is 44.6 Å². The lowest BCUT2D eigenvalue weighted by Crippen LogP contribution is -2.36. The fraction of sp³-hybridized carbons (Fsp3) is 0.432. The molecule has 0 unspecified atom stereocenters. The van der Waals surface area contributed by atoms with E-state index in [2.05, 4.69) is 15.5 Å². The number of pyridine rings is 1. The predicted octanol–water partition coefficient (Wildman–Crippen LogP) is 6.56. The second kappa shape index (κ2) is 15.4. The van der Waals surface area contributed by atoms with Crippen molar-refractivity contribution in [2.45, 2.75) is 56.9 Å². The van der Waals surface area contributed by atoms with E-state index in [1.807, 2.05) is 79.0 Å². The zero-order valence-corrected chi connectivity index (χ0v) is 29.2. The summed E-state index contributed by atoms with van der Waals surface area (Å²) in [6, 6.07) is 16.6. The number of anilines is 1. The van der Waals surface area contributed by atoms with Crippen LogP contribution in [0.3, 0.4) is 0 Å². The first-order valence-electron chi connectivity index (χ1n) is 17.0. The fourth-order valence-corrected chi connectivity index (χ4v) is 8.29. The van der Waals surface area contributed by atoms with Gasteiger partial charge in [0.25, 0.3) is 0 Å². The van der Waals surface area contributed by atoms with Gasteiger partial charge in [-0.05, 0) is 100 Å². The number of rotatable bonds is 14. The van der Waals surface area contributed by atoms with Gasteiger partial charge in [-0.15, -0.1) is 0 Å². The minimum absolute atomic E-state index is 0.0592. The van der Waals surface area contributed by atoms with Crippen molar-refractivity contribution in [2.75, 3.05) is 45.3 Å². The van der Waals surface area contributed by atoms with Crippen molar-refractivity contribution in [3.05, 3.63) is 60.2 Å². The molecular formula is C37H45N7O4S. The summed E-state index contributed by atoms with van der Waals surface area (Å²) >= 11 is 1.95. The van der Waals surface area contributed by atoms with Gasteiger partial charge in [-0.1, -0.05) is 6.42 Å². The highest BCUT2D eigenvalue weighted by atomic mass is 32.2. The van der Waals surface area contributed by atoms with Gasteiger partial charge in [-0.3, -0.25) is 9.59 Å². The van der Waals surface area contributed by atoms with Crippen LogP contribution in [0.15, 0.2) is 64.8 Å². The number of aromatic nitrogens is 1. The lowest BCUT2D eigenvalue weighted by Gasteiger charge is -2.25. The van der Waals surface area contributed by atoms with Crippen LogP contribution in [0.25, 0.3) is 21.8 Å². The summed E-state index contributed by atoms with van der Waals surface area (Å²) in [6.07, 6.45) is 3.81. The van der Waals surface area contributed by atoms with E-state index in [-0.39, 0.29) is 30.2 Å². The van der Waals surface area contributed by atoms with Gasteiger partial charge in [-0.2, -0.15) is 22.0 Å². The Bertz CT molecular complexity index is 1870. The molecular weight excluding hydrogens is 639 g/mol. The number of ether oxygens (including phenoxy) is 1. The Kier molecular flexibility index (Phi) is 10.8. The largest absolute Gasteiger partial charge is 0.508 e. The average Bonchev–Trinajstić information content (AvgIpc) is 3.64. The lowest BCUT2D eigenvalue weighted by atomic mass is 9.97. The monoisotopic (exact) mass is 683 g/mol. The number of phenolic OH excluding ortho intramolecular Hbond substituents is 1. The summed E-state index contributed by atoms with van der Waals surface area (Å²) in [5, 5.41) is 24.9. The molecule has 6 rings (SSSR count). The molecule has 2 fully saturated rings. The molecule has 1 aromatic heterocycles. The number of phenols is 1.